The normalized spacial score (nSPS) is 12.7. The predicted octanol–water partition coefficient (Wildman–Crippen LogP) is 0.901. The third-order valence-corrected chi connectivity index (χ3v) is 0.750. The van der Waals surface area contributed by atoms with Crippen LogP contribution in [0.3, 0.4) is 0 Å². The summed E-state index contributed by atoms with van der Waals surface area (Å²) in [7, 11) is -11.4. The Kier molecular flexibility index (Phi) is 12.2. The van der Waals surface area contributed by atoms with Gasteiger partial charge in [0.2, 0.25) is 20.8 Å². The van der Waals surface area contributed by atoms with Gasteiger partial charge in [-0.2, -0.15) is 0 Å². The molecular weight excluding hydrogens is 350 g/mol. The summed E-state index contributed by atoms with van der Waals surface area (Å²) in [5.74, 6) is 0. The zero-order valence-electron chi connectivity index (χ0n) is 13.0. The predicted molar refractivity (Wildman–Crippen MR) is 82.8 cm³/mol. The molecule has 0 N–H and O–H groups in total. The molecular formula is C8H24O8P2S2. The molecule has 20 heavy (non-hydrogen) atoms. The standard InChI is InChI=1S/2C4H12P.H2O8S2/c2*1-5(2,3)4;1-9(2,3)7-8-10(4,5)6/h2*1-4H3;(H,1,2,3)(H,4,5,6)/q2*+1;/p-2. The Labute approximate surface area is 123 Å². The van der Waals surface area contributed by atoms with Crippen molar-refractivity contribution >= 4 is 35.3 Å². The summed E-state index contributed by atoms with van der Waals surface area (Å²) in [6, 6.07) is 0. The number of hydrogen-bond donors (Lipinski definition) is 0. The lowest BCUT2D eigenvalue weighted by molar-refractivity contribution is -0.107. The fraction of sp³-hybridized carbons (Fsp3) is 1.00. The van der Waals surface area contributed by atoms with Crippen molar-refractivity contribution in [1.82, 2.24) is 0 Å². The van der Waals surface area contributed by atoms with Crippen LogP contribution in [0.5, 0.6) is 0 Å². The highest BCUT2D eigenvalue weighted by Gasteiger charge is 2.03. The third-order valence-electron chi connectivity index (χ3n) is 0.194. The lowest BCUT2D eigenvalue weighted by Gasteiger charge is -2.07. The third kappa shape index (κ3) is 99.7. The summed E-state index contributed by atoms with van der Waals surface area (Å²) in [5, 5.41) is 0. The van der Waals surface area contributed by atoms with E-state index < -0.39 is 20.8 Å². The van der Waals surface area contributed by atoms with Gasteiger partial charge in [-0.05, 0) is 0 Å². The SMILES string of the molecule is C[P+](C)(C)C.C[P+](C)(C)C.O=S(=O)([O-])OOS(=O)(=O)[O-]. The van der Waals surface area contributed by atoms with E-state index in [1.165, 1.54) is 0 Å². The maximum absolute atomic E-state index is 9.37. The molecule has 0 radical (unpaired) electrons. The average molecular weight is 374 g/mol. The van der Waals surface area contributed by atoms with Crippen LogP contribution in [0, 0.1) is 0 Å². The van der Waals surface area contributed by atoms with E-state index in [1.807, 2.05) is 0 Å². The molecule has 0 aromatic carbocycles. The molecule has 0 aliphatic rings. The van der Waals surface area contributed by atoms with Gasteiger partial charge in [-0.3, -0.25) is 0 Å². The van der Waals surface area contributed by atoms with Gasteiger partial charge in [0.1, 0.15) is 0 Å². The van der Waals surface area contributed by atoms with Gasteiger partial charge in [0.25, 0.3) is 0 Å². The van der Waals surface area contributed by atoms with Crippen molar-refractivity contribution in [2.75, 3.05) is 53.3 Å². The van der Waals surface area contributed by atoms with Crippen LogP contribution >= 0.6 is 14.5 Å². The minimum atomic E-state index is -5.31. The highest BCUT2D eigenvalue weighted by atomic mass is 32.3. The molecule has 0 aromatic heterocycles. The van der Waals surface area contributed by atoms with Crippen molar-refractivity contribution in [1.29, 1.82) is 0 Å². The van der Waals surface area contributed by atoms with E-state index in [4.69, 9.17) is 0 Å². The minimum Gasteiger partial charge on any atom is -0.724 e. The Morgan fingerprint density at radius 3 is 0.750 bits per heavy atom. The van der Waals surface area contributed by atoms with Crippen LogP contribution in [0.15, 0.2) is 0 Å². The van der Waals surface area contributed by atoms with E-state index in [0.29, 0.717) is 0 Å². The summed E-state index contributed by atoms with van der Waals surface area (Å²) in [4.78, 5) is 0. The van der Waals surface area contributed by atoms with E-state index >= 15 is 0 Å². The second-order valence-corrected chi connectivity index (χ2v) is 19.0. The summed E-state index contributed by atoms with van der Waals surface area (Å²) in [6.07, 6.45) is 0. The number of hydrogen-bond acceptors (Lipinski definition) is 8. The second kappa shape index (κ2) is 9.58. The van der Waals surface area contributed by atoms with Crippen LogP contribution in [0.25, 0.3) is 0 Å². The van der Waals surface area contributed by atoms with E-state index in [-0.39, 0.29) is 14.5 Å². The first-order valence-electron chi connectivity index (χ1n) is 5.08. The fourth-order valence-electron chi connectivity index (χ4n) is 0.0680. The lowest BCUT2D eigenvalue weighted by atomic mass is 11.8. The molecule has 0 aliphatic carbocycles. The first kappa shape index (κ1) is 25.5. The van der Waals surface area contributed by atoms with Gasteiger partial charge in [0.05, 0.1) is 0 Å². The maximum Gasteiger partial charge on any atom is 0.246 e. The largest absolute Gasteiger partial charge is 0.724 e. The molecule has 0 atom stereocenters. The fourth-order valence-corrected chi connectivity index (χ4v) is 0.612. The maximum atomic E-state index is 9.37. The van der Waals surface area contributed by atoms with Gasteiger partial charge in [-0.25, -0.2) is 16.8 Å². The van der Waals surface area contributed by atoms with Crippen molar-refractivity contribution in [2.24, 2.45) is 0 Å². The quantitative estimate of drug-likeness (QED) is 0.234. The van der Waals surface area contributed by atoms with Crippen molar-refractivity contribution in [3.05, 3.63) is 0 Å². The van der Waals surface area contributed by atoms with E-state index in [0.717, 1.165) is 0 Å². The average Bonchev–Trinajstić information content (AvgIpc) is 1.90. The van der Waals surface area contributed by atoms with E-state index in [9.17, 15) is 25.9 Å². The molecule has 0 saturated heterocycles. The van der Waals surface area contributed by atoms with Gasteiger partial charge < -0.3 is 9.11 Å². The summed E-state index contributed by atoms with van der Waals surface area (Å²) < 4.78 is 61.5. The molecule has 0 heterocycles. The van der Waals surface area contributed by atoms with Gasteiger partial charge in [-0.1, -0.05) is 0 Å². The minimum absolute atomic E-state index is 0.389. The van der Waals surface area contributed by atoms with E-state index in [2.05, 4.69) is 62.0 Å². The van der Waals surface area contributed by atoms with Gasteiger partial charge in [0, 0.05) is 67.8 Å². The summed E-state index contributed by atoms with van der Waals surface area (Å²) in [6.45, 7) is 18.4. The molecule has 0 amide bonds. The molecule has 0 spiro atoms. The molecule has 0 rings (SSSR count). The number of rotatable bonds is 3. The summed E-state index contributed by atoms with van der Waals surface area (Å²) in [5.41, 5.74) is 0. The molecule has 126 valence electrons. The monoisotopic (exact) mass is 374 g/mol. The second-order valence-electron chi connectivity index (χ2n) is 6.32. The topological polar surface area (TPSA) is 133 Å². The highest BCUT2D eigenvalue weighted by Crippen LogP contribution is 2.40. The van der Waals surface area contributed by atoms with Crippen LogP contribution in [0.2, 0.25) is 0 Å². The van der Waals surface area contributed by atoms with Crippen molar-refractivity contribution in [3.63, 3.8) is 0 Å². The van der Waals surface area contributed by atoms with Crippen molar-refractivity contribution < 1.29 is 34.6 Å². The van der Waals surface area contributed by atoms with Gasteiger partial charge in [-0.15, -0.1) is 8.67 Å². The van der Waals surface area contributed by atoms with Crippen LogP contribution in [-0.2, 0) is 29.5 Å². The van der Waals surface area contributed by atoms with Gasteiger partial charge in [0.15, 0.2) is 0 Å². The molecule has 0 aromatic rings. The molecule has 0 aliphatic heterocycles. The summed E-state index contributed by atoms with van der Waals surface area (Å²) >= 11 is 0. The Morgan fingerprint density at radius 2 is 0.700 bits per heavy atom. The molecule has 0 fully saturated rings. The van der Waals surface area contributed by atoms with Crippen molar-refractivity contribution in [3.8, 4) is 0 Å². The molecule has 0 unspecified atom stereocenters. The van der Waals surface area contributed by atoms with Crippen LogP contribution in [-0.4, -0.2) is 79.3 Å². The molecule has 0 saturated carbocycles. The highest BCUT2D eigenvalue weighted by molar-refractivity contribution is 7.83. The van der Waals surface area contributed by atoms with Crippen molar-refractivity contribution in [2.45, 2.75) is 0 Å². The Bertz CT molecular complexity index is 388. The zero-order valence-corrected chi connectivity index (χ0v) is 16.4. The van der Waals surface area contributed by atoms with Crippen LogP contribution in [0.1, 0.15) is 0 Å². The first-order chi connectivity index (χ1) is 8.21. The molecule has 0 bridgehead atoms. The van der Waals surface area contributed by atoms with Crippen LogP contribution < -0.4 is 0 Å². The Morgan fingerprint density at radius 1 is 0.600 bits per heavy atom. The molecule has 12 heteroatoms. The Balaban J connectivity index is -0.000000244. The first-order valence-corrected chi connectivity index (χ1v) is 14.9. The van der Waals surface area contributed by atoms with E-state index in [1.54, 1.807) is 0 Å². The lowest BCUT2D eigenvalue weighted by Crippen LogP contribution is -2.10. The van der Waals surface area contributed by atoms with Gasteiger partial charge >= 0.3 is 0 Å². The Hall–Kier alpha value is 0.600. The van der Waals surface area contributed by atoms with Crippen LogP contribution in [0.4, 0.5) is 0 Å². The zero-order chi connectivity index (χ0) is 17.4. The molecule has 8 nitrogen and oxygen atoms in total. The smallest absolute Gasteiger partial charge is 0.246 e.